The van der Waals surface area contributed by atoms with Crippen molar-refractivity contribution in [1.29, 1.82) is 5.26 Å². The molecule has 0 radical (unpaired) electrons. The molecule has 7 heteroatoms. The molecule has 0 saturated carbocycles. The summed E-state index contributed by atoms with van der Waals surface area (Å²) in [7, 11) is 0. The van der Waals surface area contributed by atoms with Gasteiger partial charge in [-0.25, -0.2) is 4.98 Å². The molecule has 4 nitrogen and oxygen atoms in total. The summed E-state index contributed by atoms with van der Waals surface area (Å²) in [5.41, 5.74) is -2.25. The number of carbonyl (C=O) groups is 1. The Morgan fingerprint density at radius 3 is 2.56 bits per heavy atom. The predicted molar refractivity (Wildman–Crippen MR) is 57.3 cm³/mol. The van der Waals surface area contributed by atoms with E-state index in [1.54, 1.807) is 6.07 Å². The Labute approximate surface area is 101 Å². The van der Waals surface area contributed by atoms with E-state index in [9.17, 15) is 18.0 Å². The predicted octanol–water partition coefficient (Wildman–Crippen LogP) is 2.59. The summed E-state index contributed by atoms with van der Waals surface area (Å²) in [6.07, 6.45) is -3.56. The summed E-state index contributed by atoms with van der Waals surface area (Å²) < 4.78 is 37.2. The van der Waals surface area contributed by atoms with Gasteiger partial charge in [0.1, 0.15) is 11.2 Å². The number of carbonyl (C=O) groups excluding carboxylic acids is 1. The molecule has 1 aromatic heterocycles. The molecule has 0 spiro atoms. The van der Waals surface area contributed by atoms with Crippen LogP contribution in [0.25, 0.3) is 0 Å². The van der Waals surface area contributed by atoms with Gasteiger partial charge in [0.25, 0.3) is 0 Å². The van der Waals surface area contributed by atoms with Crippen LogP contribution in [0.15, 0.2) is 18.3 Å². The molecule has 0 atom stereocenters. The maximum absolute atomic E-state index is 12.4. The van der Waals surface area contributed by atoms with Crippen molar-refractivity contribution in [2.75, 3.05) is 5.32 Å². The maximum Gasteiger partial charge on any atom is 0.416 e. The van der Waals surface area contributed by atoms with E-state index in [0.717, 1.165) is 12.3 Å². The lowest BCUT2D eigenvalue weighted by Crippen LogP contribution is -2.29. The summed E-state index contributed by atoms with van der Waals surface area (Å²) in [5.74, 6) is -0.949. The summed E-state index contributed by atoms with van der Waals surface area (Å²) in [6.45, 7) is 2.71. The van der Waals surface area contributed by atoms with E-state index in [1.165, 1.54) is 13.8 Å². The number of anilines is 1. The molecular formula is C11H10F3N3O. The molecule has 0 unspecified atom stereocenters. The molecule has 0 aromatic carbocycles. The van der Waals surface area contributed by atoms with Crippen LogP contribution in [-0.2, 0) is 11.0 Å². The third-order valence-electron chi connectivity index (χ3n) is 2.18. The van der Waals surface area contributed by atoms with Crippen molar-refractivity contribution in [2.24, 2.45) is 5.41 Å². The first-order valence-electron chi connectivity index (χ1n) is 4.93. The number of nitrogens with one attached hydrogen (secondary N) is 1. The fraction of sp³-hybridized carbons (Fsp3) is 0.364. The monoisotopic (exact) mass is 257 g/mol. The van der Waals surface area contributed by atoms with Crippen molar-refractivity contribution in [3.05, 3.63) is 23.9 Å². The molecule has 1 rings (SSSR count). The highest BCUT2D eigenvalue weighted by molar-refractivity contribution is 5.95. The first-order valence-corrected chi connectivity index (χ1v) is 4.93. The van der Waals surface area contributed by atoms with E-state index in [4.69, 9.17) is 5.26 Å². The lowest BCUT2D eigenvalue weighted by molar-refractivity contribution is -0.137. The van der Waals surface area contributed by atoms with Gasteiger partial charge in [-0.15, -0.1) is 0 Å². The first kappa shape index (κ1) is 14.0. The number of rotatable bonds is 2. The highest BCUT2D eigenvalue weighted by Crippen LogP contribution is 2.30. The van der Waals surface area contributed by atoms with E-state index in [2.05, 4.69) is 10.3 Å². The maximum atomic E-state index is 12.4. The van der Waals surface area contributed by atoms with E-state index in [0.29, 0.717) is 6.07 Å². The summed E-state index contributed by atoms with van der Waals surface area (Å²) >= 11 is 0. The first-order chi connectivity index (χ1) is 8.16. The molecule has 18 heavy (non-hydrogen) atoms. The Morgan fingerprint density at radius 2 is 2.06 bits per heavy atom. The van der Waals surface area contributed by atoms with Crippen molar-refractivity contribution < 1.29 is 18.0 Å². The van der Waals surface area contributed by atoms with Crippen LogP contribution in [0.3, 0.4) is 0 Å². The van der Waals surface area contributed by atoms with Crippen molar-refractivity contribution in [3.63, 3.8) is 0 Å². The molecule has 1 heterocycles. The van der Waals surface area contributed by atoms with Crippen molar-refractivity contribution in [3.8, 4) is 6.07 Å². The van der Waals surface area contributed by atoms with Crippen LogP contribution in [0.2, 0.25) is 0 Å². The zero-order chi connectivity index (χ0) is 14.0. The minimum absolute atomic E-state index is 0.238. The zero-order valence-electron chi connectivity index (χ0n) is 9.67. The van der Waals surface area contributed by atoms with Gasteiger partial charge in [0.05, 0.1) is 11.6 Å². The SMILES string of the molecule is CC(C)(C#N)C(=O)Nc1cc(C(F)(F)F)ccn1. The van der Waals surface area contributed by atoms with Gasteiger partial charge in [-0.3, -0.25) is 4.79 Å². The molecule has 0 fully saturated rings. The van der Waals surface area contributed by atoms with Crippen molar-refractivity contribution in [2.45, 2.75) is 20.0 Å². The Balaban J connectivity index is 2.95. The third kappa shape index (κ3) is 3.20. The van der Waals surface area contributed by atoms with E-state index >= 15 is 0 Å². The second-order valence-electron chi connectivity index (χ2n) is 4.12. The molecule has 1 amide bonds. The minimum atomic E-state index is -4.51. The fourth-order valence-corrected chi connectivity index (χ4v) is 0.999. The van der Waals surface area contributed by atoms with E-state index in [1.807, 2.05) is 0 Å². The van der Waals surface area contributed by atoms with Crippen molar-refractivity contribution in [1.82, 2.24) is 4.98 Å². The summed E-state index contributed by atoms with van der Waals surface area (Å²) in [4.78, 5) is 15.2. The van der Waals surface area contributed by atoms with E-state index < -0.39 is 23.1 Å². The van der Waals surface area contributed by atoms with Crippen LogP contribution in [0.5, 0.6) is 0 Å². The number of alkyl halides is 3. The second kappa shape index (κ2) is 4.64. The van der Waals surface area contributed by atoms with Gasteiger partial charge in [-0.05, 0) is 26.0 Å². The van der Waals surface area contributed by atoms with E-state index in [-0.39, 0.29) is 5.82 Å². The standard InChI is InChI=1S/C11H10F3N3O/c1-10(2,6-15)9(18)17-8-5-7(3-4-16-8)11(12,13)14/h3-5H,1-2H3,(H,16,17,18). The molecule has 1 N–H and O–H groups in total. The quantitative estimate of drug-likeness (QED) is 0.885. The lowest BCUT2D eigenvalue weighted by atomic mass is 9.95. The Morgan fingerprint density at radius 1 is 1.44 bits per heavy atom. The highest BCUT2D eigenvalue weighted by atomic mass is 19.4. The highest BCUT2D eigenvalue weighted by Gasteiger charge is 2.32. The molecular weight excluding hydrogens is 247 g/mol. The van der Waals surface area contributed by atoms with Crippen LogP contribution in [0.4, 0.5) is 19.0 Å². The van der Waals surface area contributed by atoms with Crippen LogP contribution in [0, 0.1) is 16.7 Å². The number of aromatic nitrogens is 1. The van der Waals surface area contributed by atoms with Gasteiger partial charge in [0, 0.05) is 6.20 Å². The largest absolute Gasteiger partial charge is 0.416 e. The average molecular weight is 257 g/mol. The smallest absolute Gasteiger partial charge is 0.309 e. The van der Waals surface area contributed by atoms with Gasteiger partial charge in [-0.2, -0.15) is 18.4 Å². The number of hydrogen-bond acceptors (Lipinski definition) is 3. The molecule has 0 aliphatic carbocycles. The van der Waals surface area contributed by atoms with Crippen LogP contribution < -0.4 is 5.32 Å². The third-order valence-corrected chi connectivity index (χ3v) is 2.18. The number of amides is 1. The molecule has 96 valence electrons. The molecule has 0 aliphatic rings. The van der Waals surface area contributed by atoms with Gasteiger partial charge < -0.3 is 5.32 Å². The summed E-state index contributed by atoms with van der Waals surface area (Å²) in [5, 5.41) is 10.9. The average Bonchev–Trinajstić information content (AvgIpc) is 2.28. The van der Waals surface area contributed by atoms with Crippen LogP contribution >= 0.6 is 0 Å². The molecule has 0 aliphatic heterocycles. The van der Waals surface area contributed by atoms with Gasteiger partial charge in [0.15, 0.2) is 0 Å². The molecule has 0 bridgehead atoms. The number of nitriles is 1. The summed E-state index contributed by atoms with van der Waals surface area (Å²) in [6, 6.07) is 3.25. The Kier molecular flexibility index (Phi) is 3.60. The van der Waals surface area contributed by atoms with Crippen LogP contribution in [0.1, 0.15) is 19.4 Å². The number of pyridine rings is 1. The second-order valence-corrected chi connectivity index (χ2v) is 4.12. The Hall–Kier alpha value is -2.10. The van der Waals surface area contributed by atoms with Crippen LogP contribution in [-0.4, -0.2) is 10.9 Å². The minimum Gasteiger partial charge on any atom is -0.309 e. The molecule has 1 aromatic rings. The lowest BCUT2D eigenvalue weighted by Gasteiger charge is -2.15. The van der Waals surface area contributed by atoms with Gasteiger partial charge >= 0.3 is 6.18 Å². The number of nitrogens with zero attached hydrogens (tertiary/aromatic N) is 2. The Bertz CT molecular complexity index is 503. The van der Waals surface area contributed by atoms with Crippen molar-refractivity contribution >= 4 is 11.7 Å². The molecule has 0 saturated heterocycles. The number of hydrogen-bond donors (Lipinski definition) is 1. The number of halogens is 3. The topological polar surface area (TPSA) is 65.8 Å². The normalized spacial score (nSPS) is 11.8. The van der Waals surface area contributed by atoms with Gasteiger partial charge in [-0.1, -0.05) is 0 Å². The zero-order valence-corrected chi connectivity index (χ0v) is 9.67. The van der Waals surface area contributed by atoms with Gasteiger partial charge in [0.2, 0.25) is 5.91 Å². The fourth-order valence-electron chi connectivity index (χ4n) is 0.999.